The molecule has 0 amide bonds. The summed E-state index contributed by atoms with van der Waals surface area (Å²) in [6.45, 7) is 0.504. The van der Waals surface area contributed by atoms with Crippen LogP contribution in [0.1, 0.15) is 0 Å². The Kier molecular flexibility index (Phi) is 5.49. The van der Waals surface area contributed by atoms with E-state index in [9.17, 15) is 18.3 Å². The maximum atomic E-state index is 11.0. The first-order chi connectivity index (χ1) is 7.12. The molecular weight excluding hydrogens is 326 g/mol. The summed E-state index contributed by atoms with van der Waals surface area (Å²) >= 11 is 0. The predicted octanol–water partition coefficient (Wildman–Crippen LogP) is -0.282. The van der Waals surface area contributed by atoms with Gasteiger partial charge in [0.25, 0.3) is 0 Å². The Labute approximate surface area is 94.5 Å². The van der Waals surface area contributed by atoms with E-state index in [1.165, 1.54) is 0 Å². The number of hydrogen-bond donors (Lipinski definition) is 6. The zero-order chi connectivity index (χ0) is 14.1. The van der Waals surface area contributed by atoms with Gasteiger partial charge in [-0.1, -0.05) is 0 Å². The van der Waals surface area contributed by atoms with E-state index in [-0.39, 0.29) is 0 Å². The second kappa shape index (κ2) is 5.30. The molecule has 0 saturated carbocycles. The zero-order valence-corrected chi connectivity index (χ0v) is 11.6. The van der Waals surface area contributed by atoms with E-state index >= 15 is 0 Å². The smallest absolute Gasteiger partial charge is 0.324 e. The molecule has 0 radical (unpaired) electrons. The first-order valence-corrected chi connectivity index (χ1v) is 10.1. The van der Waals surface area contributed by atoms with Crippen molar-refractivity contribution in [2.45, 2.75) is 0 Å². The molecule has 12 nitrogen and oxygen atoms in total. The molecule has 0 heterocycles. The van der Waals surface area contributed by atoms with Crippen LogP contribution in [0.25, 0.3) is 0 Å². The lowest BCUT2D eigenvalue weighted by molar-refractivity contribution is 0.260. The van der Waals surface area contributed by atoms with Crippen molar-refractivity contribution in [2.75, 3.05) is 6.66 Å². The highest BCUT2D eigenvalue weighted by atomic mass is 31.3. The molecule has 0 saturated heterocycles. The van der Waals surface area contributed by atoms with Gasteiger partial charge >= 0.3 is 30.9 Å². The first kappa shape index (κ1) is 17.6. The molecule has 0 aliphatic carbocycles. The van der Waals surface area contributed by atoms with Crippen molar-refractivity contribution in [2.24, 2.45) is 0 Å². The molecule has 0 spiro atoms. The summed E-state index contributed by atoms with van der Waals surface area (Å²) in [7, 11) is -20.6. The number of rotatable bonds is 6. The molecule has 3 unspecified atom stereocenters. The Morgan fingerprint density at radius 1 is 0.824 bits per heavy atom. The minimum absolute atomic E-state index is 0.504. The molecule has 0 rings (SSSR count). The van der Waals surface area contributed by atoms with Gasteiger partial charge in [-0.15, -0.1) is 4.86 Å². The fourth-order valence-electron chi connectivity index (χ4n) is 0.546. The van der Waals surface area contributed by atoms with Crippen LogP contribution >= 0.6 is 30.9 Å². The number of nitrogens with one attached hydrogen (secondary N) is 1. The lowest BCUT2D eigenvalue weighted by Crippen LogP contribution is -2.09. The van der Waals surface area contributed by atoms with Crippen molar-refractivity contribution >= 4 is 30.9 Å². The van der Waals surface area contributed by atoms with Crippen LogP contribution in [0.3, 0.4) is 0 Å². The third-order valence-electron chi connectivity index (χ3n) is 0.732. The average molecular weight is 335 g/mol. The van der Waals surface area contributed by atoms with Crippen molar-refractivity contribution < 1.29 is 51.3 Å². The Morgan fingerprint density at radius 2 is 1.18 bits per heavy atom. The first-order valence-electron chi connectivity index (χ1n) is 3.36. The molecule has 0 aromatic carbocycles. The van der Waals surface area contributed by atoms with Crippen LogP contribution in [-0.2, 0) is 26.9 Å². The monoisotopic (exact) mass is 335 g/mol. The Morgan fingerprint density at radius 3 is 1.47 bits per heavy atom. The van der Waals surface area contributed by atoms with Gasteiger partial charge in [0, 0.05) is 6.66 Å². The van der Waals surface area contributed by atoms with Crippen molar-refractivity contribution in [1.29, 1.82) is 0 Å². The number of phosphoric acid groups is 1. The Hall–Kier alpha value is 0.600. The van der Waals surface area contributed by atoms with Crippen LogP contribution < -0.4 is 4.86 Å². The van der Waals surface area contributed by atoms with Crippen molar-refractivity contribution in [3.8, 4) is 0 Å². The second-order valence-corrected chi connectivity index (χ2v) is 9.37. The fourth-order valence-corrected chi connectivity index (χ4v) is 5.57. The summed E-state index contributed by atoms with van der Waals surface area (Å²) in [5, 5.41) is 0. The minimum atomic E-state index is -5.42. The van der Waals surface area contributed by atoms with Gasteiger partial charge in [0.15, 0.2) is 0 Å². The van der Waals surface area contributed by atoms with Gasteiger partial charge in [0.2, 0.25) is 0 Å². The van der Waals surface area contributed by atoms with Crippen LogP contribution in [0.15, 0.2) is 0 Å². The van der Waals surface area contributed by atoms with Crippen LogP contribution in [0.4, 0.5) is 0 Å². The van der Waals surface area contributed by atoms with Crippen molar-refractivity contribution in [1.82, 2.24) is 4.86 Å². The summed E-state index contributed by atoms with van der Waals surface area (Å²) < 4.78 is 49.5. The van der Waals surface area contributed by atoms with Crippen LogP contribution in [0, 0.1) is 0 Å². The van der Waals surface area contributed by atoms with E-state index < -0.39 is 30.9 Å². The highest BCUT2D eigenvalue weighted by molar-refractivity contribution is 7.74. The molecule has 17 heavy (non-hydrogen) atoms. The second-order valence-electron chi connectivity index (χ2n) is 2.60. The van der Waals surface area contributed by atoms with E-state index in [4.69, 9.17) is 24.5 Å². The molecule has 0 fully saturated rings. The minimum Gasteiger partial charge on any atom is -0.324 e. The zero-order valence-electron chi connectivity index (χ0n) is 7.97. The van der Waals surface area contributed by atoms with Crippen LogP contribution in [-0.4, -0.2) is 31.1 Å². The van der Waals surface area contributed by atoms with Crippen LogP contribution in [0.5, 0.6) is 0 Å². The fraction of sp³-hybridized carbons (Fsp3) is 1.00. The molecule has 0 aromatic rings. The van der Waals surface area contributed by atoms with Gasteiger partial charge in [-0.25, -0.2) is 18.0 Å². The predicted molar refractivity (Wildman–Crippen MR) is 52.7 cm³/mol. The molecule has 6 N–H and O–H groups in total. The standard InChI is InChI=1S/CH9NO11P4/c1-14(3,4)12-15(5,6)2-16(7,8)13-17(9,10)11/h1H3,(H,3,4)(H2,9,10,11)(H3,2,5,6,7,8). The molecule has 0 aliphatic rings. The molecule has 0 bridgehead atoms. The Balaban J connectivity index is 4.84. The largest absolute Gasteiger partial charge is 0.477 e. The van der Waals surface area contributed by atoms with Crippen molar-refractivity contribution in [3.05, 3.63) is 0 Å². The Bertz CT molecular complexity index is 412. The SMILES string of the molecule is CP(=O)(O)OP(=O)(O)NP(=O)(O)OP(=O)(O)O. The topological polar surface area (TPSA) is 200 Å². The van der Waals surface area contributed by atoms with Gasteiger partial charge in [-0.05, 0) is 0 Å². The molecular formula is CH9NO11P4. The third-order valence-corrected chi connectivity index (χ3v) is 6.59. The van der Waals surface area contributed by atoms with E-state index in [0.29, 0.717) is 6.66 Å². The quantitative estimate of drug-likeness (QED) is 0.347. The maximum absolute atomic E-state index is 11.0. The van der Waals surface area contributed by atoms with Gasteiger partial charge in [-0.3, -0.25) is 4.57 Å². The third kappa shape index (κ3) is 10.2. The molecule has 104 valence electrons. The normalized spacial score (nSPS) is 23.4. The summed E-state index contributed by atoms with van der Waals surface area (Å²) in [6.07, 6.45) is 0. The lowest BCUT2D eigenvalue weighted by Gasteiger charge is -2.18. The van der Waals surface area contributed by atoms with Gasteiger partial charge in [0.05, 0.1) is 0 Å². The van der Waals surface area contributed by atoms with Gasteiger partial charge < -0.3 is 24.5 Å². The van der Waals surface area contributed by atoms with Crippen molar-refractivity contribution in [3.63, 3.8) is 0 Å². The number of hydrogen-bond acceptors (Lipinski definition) is 6. The summed E-state index contributed by atoms with van der Waals surface area (Å²) in [6, 6.07) is 0. The molecule has 0 aliphatic heterocycles. The van der Waals surface area contributed by atoms with E-state index in [0.717, 1.165) is 4.86 Å². The van der Waals surface area contributed by atoms with Gasteiger partial charge in [-0.2, -0.15) is 4.31 Å². The highest BCUT2D eigenvalue weighted by Crippen LogP contribution is 2.63. The van der Waals surface area contributed by atoms with Gasteiger partial charge in [0.1, 0.15) is 0 Å². The van der Waals surface area contributed by atoms with Crippen LogP contribution in [0.2, 0.25) is 0 Å². The van der Waals surface area contributed by atoms with E-state index in [1.807, 2.05) is 0 Å². The maximum Gasteiger partial charge on any atom is 0.477 e. The van der Waals surface area contributed by atoms with E-state index in [1.54, 1.807) is 0 Å². The van der Waals surface area contributed by atoms with E-state index in [2.05, 4.69) is 8.62 Å². The average Bonchev–Trinajstić information content (AvgIpc) is 1.65. The summed E-state index contributed by atoms with van der Waals surface area (Å²) in [5.41, 5.74) is 0. The molecule has 16 heteroatoms. The molecule has 3 atom stereocenters. The molecule has 0 aromatic heterocycles. The summed E-state index contributed by atoms with van der Waals surface area (Å²) in [4.78, 5) is 43.3. The summed E-state index contributed by atoms with van der Waals surface area (Å²) in [5.74, 6) is 0. The highest BCUT2D eigenvalue weighted by Gasteiger charge is 2.40. The lowest BCUT2D eigenvalue weighted by atomic mass is 12.0.